The molecule has 1 aliphatic rings. The van der Waals surface area contributed by atoms with Gasteiger partial charge < -0.3 is 10.4 Å². The molecule has 2 N–H and O–H groups in total. The number of carbonyl (C=O) groups is 1. The number of aromatic nitrogens is 2. The van der Waals surface area contributed by atoms with Crippen molar-refractivity contribution in [3.63, 3.8) is 0 Å². The van der Waals surface area contributed by atoms with Crippen molar-refractivity contribution in [3.05, 3.63) is 18.1 Å². The Hall–Kier alpha value is -1.30. The van der Waals surface area contributed by atoms with Crippen LogP contribution in [0, 0.1) is 0 Å². The lowest BCUT2D eigenvalue weighted by molar-refractivity contribution is 0.0697. The van der Waals surface area contributed by atoms with Gasteiger partial charge in [-0.25, -0.2) is 14.8 Å². The molecule has 0 spiro atoms. The molecule has 0 saturated carbocycles. The molecule has 6 heteroatoms. The first kappa shape index (κ1) is 10.2. The molecular formula is C9H11N3O2S. The lowest BCUT2D eigenvalue weighted by atomic mass is 10.2. The second-order valence-corrected chi connectivity index (χ2v) is 4.44. The number of carboxylic acids is 1. The topological polar surface area (TPSA) is 75.1 Å². The summed E-state index contributed by atoms with van der Waals surface area (Å²) >= 11 is 1.86. The number of nitrogens with zero attached hydrogens (tertiary/aromatic N) is 2. The quantitative estimate of drug-likeness (QED) is 0.802. The van der Waals surface area contributed by atoms with Gasteiger partial charge in [0.2, 0.25) is 0 Å². The van der Waals surface area contributed by atoms with E-state index in [-0.39, 0.29) is 5.56 Å². The van der Waals surface area contributed by atoms with Crippen molar-refractivity contribution in [2.75, 3.05) is 16.8 Å². The summed E-state index contributed by atoms with van der Waals surface area (Å²) < 4.78 is 0. The third kappa shape index (κ3) is 2.38. The fraction of sp³-hybridized carbons (Fsp3) is 0.444. The Bertz CT molecular complexity index is 366. The SMILES string of the molecule is O=C(O)c1cncnc1NC1CCSC1. The molecule has 0 amide bonds. The second kappa shape index (κ2) is 4.48. The molecule has 0 aliphatic carbocycles. The van der Waals surface area contributed by atoms with E-state index in [2.05, 4.69) is 15.3 Å². The molecule has 0 radical (unpaired) electrons. The highest BCUT2D eigenvalue weighted by molar-refractivity contribution is 7.99. The van der Waals surface area contributed by atoms with Crippen molar-refractivity contribution in [2.24, 2.45) is 0 Å². The Morgan fingerprint density at radius 1 is 1.67 bits per heavy atom. The van der Waals surface area contributed by atoms with E-state index in [0.29, 0.717) is 11.9 Å². The summed E-state index contributed by atoms with van der Waals surface area (Å²) in [5.41, 5.74) is 0.134. The van der Waals surface area contributed by atoms with Gasteiger partial charge in [-0.1, -0.05) is 0 Å². The van der Waals surface area contributed by atoms with Gasteiger partial charge in [-0.15, -0.1) is 0 Å². The maximum Gasteiger partial charge on any atom is 0.341 e. The van der Waals surface area contributed by atoms with Gasteiger partial charge in [0.05, 0.1) is 0 Å². The number of rotatable bonds is 3. The lowest BCUT2D eigenvalue weighted by Gasteiger charge is -2.12. The van der Waals surface area contributed by atoms with Gasteiger partial charge in [0.15, 0.2) is 0 Å². The molecule has 1 aromatic heterocycles. The molecule has 2 rings (SSSR count). The normalized spacial score (nSPS) is 20.1. The zero-order valence-electron chi connectivity index (χ0n) is 8.01. The monoisotopic (exact) mass is 225 g/mol. The minimum Gasteiger partial charge on any atom is -0.477 e. The lowest BCUT2D eigenvalue weighted by Crippen LogP contribution is -2.21. The molecule has 0 aromatic carbocycles. The summed E-state index contributed by atoms with van der Waals surface area (Å²) in [5, 5.41) is 12.1. The average Bonchev–Trinajstić information content (AvgIpc) is 2.71. The van der Waals surface area contributed by atoms with Crippen LogP contribution in [0.15, 0.2) is 12.5 Å². The Labute approximate surface area is 91.3 Å². The Morgan fingerprint density at radius 3 is 3.20 bits per heavy atom. The van der Waals surface area contributed by atoms with Crippen LogP contribution in [-0.2, 0) is 0 Å². The predicted octanol–water partition coefficient (Wildman–Crippen LogP) is 1.09. The van der Waals surface area contributed by atoms with Gasteiger partial charge in [-0.05, 0) is 12.2 Å². The molecule has 2 heterocycles. The molecule has 0 bridgehead atoms. The van der Waals surface area contributed by atoms with Crippen molar-refractivity contribution in [3.8, 4) is 0 Å². The zero-order chi connectivity index (χ0) is 10.7. The van der Waals surface area contributed by atoms with Crippen LogP contribution in [0.1, 0.15) is 16.8 Å². The molecule has 1 aromatic rings. The molecule has 15 heavy (non-hydrogen) atoms. The maximum absolute atomic E-state index is 10.9. The van der Waals surface area contributed by atoms with Crippen LogP contribution >= 0.6 is 11.8 Å². The van der Waals surface area contributed by atoms with Crippen molar-refractivity contribution >= 4 is 23.5 Å². The van der Waals surface area contributed by atoms with Crippen molar-refractivity contribution in [1.82, 2.24) is 9.97 Å². The van der Waals surface area contributed by atoms with Crippen LogP contribution < -0.4 is 5.32 Å². The second-order valence-electron chi connectivity index (χ2n) is 3.30. The molecule has 1 aliphatic heterocycles. The fourth-order valence-electron chi connectivity index (χ4n) is 1.44. The molecule has 1 fully saturated rings. The molecular weight excluding hydrogens is 214 g/mol. The Morgan fingerprint density at radius 2 is 2.53 bits per heavy atom. The maximum atomic E-state index is 10.9. The predicted molar refractivity (Wildman–Crippen MR) is 58.3 cm³/mol. The van der Waals surface area contributed by atoms with Crippen LogP contribution in [0.25, 0.3) is 0 Å². The zero-order valence-corrected chi connectivity index (χ0v) is 8.83. The number of thioether (sulfide) groups is 1. The van der Waals surface area contributed by atoms with Gasteiger partial charge in [0.1, 0.15) is 17.7 Å². The number of anilines is 1. The standard InChI is InChI=1S/C9H11N3O2S/c13-9(14)7-3-10-5-11-8(7)12-6-1-2-15-4-6/h3,5-6H,1-2,4H2,(H,13,14)(H,10,11,12). The molecule has 80 valence electrons. The number of hydrogen-bond donors (Lipinski definition) is 2. The van der Waals surface area contributed by atoms with Gasteiger partial charge in [-0.3, -0.25) is 0 Å². The minimum atomic E-state index is -0.997. The first-order chi connectivity index (χ1) is 7.27. The molecule has 1 atom stereocenters. The van der Waals surface area contributed by atoms with E-state index in [4.69, 9.17) is 5.11 Å². The third-order valence-electron chi connectivity index (χ3n) is 2.21. The van der Waals surface area contributed by atoms with Gasteiger partial charge in [-0.2, -0.15) is 11.8 Å². The van der Waals surface area contributed by atoms with Crippen molar-refractivity contribution in [2.45, 2.75) is 12.5 Å². The van der Waals surface area contributed by atoms with Crippen LogP contribution in [-0.4, -0.2) is 38.6 Å². The summed E-state index contributed by atoms with van der Waals surface area (Å²) in [6, 6.07) is 0.322. The van der Waals surface area contributed by atoms with E-state index in [1.165, 1.54) is 12.5 Å². The summed E-state index contributed by atoms with van der Waals surface area (Å²) in [5.74, 6) is 1.54. The largest absolute Gasteiger partial charge is 0.477 e. The van der Waals surface area contributed by atoms with Gasteiger partial charge in [0, 0.05) is 18.0 Å². The van der Waals surface area contributed by atoms with Gasteiger partial charge >= 0.3 is 5.97 Å². The van der Waals surface area contributed by atoms with Crippen LogP contribution in [0.4, 0.5) is 5.82 Å². The summed E-state index contributed by atoms with van der Waals surface area (Å²) in [4.78, 5) is 18.5. The fourth-order valence-corrected chi connectivity index (χ4v) is 2.60. The summed E-state index contributed by atoms with van der Waals surface area (Å²) in [6.45, 7) is 0. The average molecular weight is 225 g/mol. The third-order valence-corrected chi connectivity index (χ3v) is 3.38. The number of aromatic carboxylic acids is 1. The number of carboxylic acid groups (broad SMARTS) is 1. The van der Waals surface area contributed by atoms with E-state index in [0.717, 1.165) is 17.9 Å². The van der Waals surface area contributed by atoms with E-state index in [1.807, 2.05) is 11.8 Å². The molecule has 1 saturated heterocycles. The van der Waals surface area contributed by atoms with E-state index in [9.17, 15) is 4.79 Å². The van der Waals surface area contributed by atoms with Crippen molar-refractivity contribution in [1.29, 1.82) is 0 Å². The van der Waals surface area contributed by atoms with Crippen molar-refractivity contribution < 1.29 is 9.90 Å². The highest BCUT2D eigenvalue weighted by Crippen LogP contribution is 2.21. The van der Waals surface area contributed by atoms with E-state index >= 15 is 0 Å². The highest BCUT2D eigenvalue weighted by atomic mass is 32.2. The van der Waals surface area contributed by atoms with E-state index in [1.54, 1.807) is 0 Å². The van der Waals surface area contributed by atoms with Gasteiger partial charge in [0.25, 0.3) is 0 Å². The van der Waals surface area contributed by atoms with Crippen LogP contribution in [0.2, 0.25) is 0 Å². The Balaban J connectivity index is 2.15. The van der Waals surface area contributed by atoms with E-state index < -0.39 is 5.97 Å². The first-order valence-electron chi connectivity index (χ1n) is 4.65. The summed E-state index contributed by atoms with van der Waals surface area (Å²) in [7, 11) is 0. The van der Waals surface area contributed by atoms with Crippen LogP contribution in [0.3, 0.4) is 0 Å². The number of nitrogens with one attached hydrogen (secondary N) is 1. The molecule has 1 unspecified atom stereocenters. The highest BCUT2D eigenvalue weighted by Gasteiger charge is 2.19. The Kier molecular flexibility index (Phi) is 3.05. The minimum absolute atomic E-state index is 0.134. The first-order valence-corrected chi connectivity index (χ1v) is 5.80. The number of hydrogen-bond acceptors (Lipinski definition) is 5. The molecule has 5 nitrogen and oxygen atoms in total. The smallest absolute Gasteiger partial charge is 0.341 e. The van der Waals surface area contributed by atoms with Crippen LogP contribution in [0.5, 0.6) is 0 Å². The summed E-state index contributed by atoms with van der Waals surface area (Å²) in [6.07, 6.45) is 3.73.